The zero-order chi connectivity index (χ0) is 15.3. The molecular weight excluding hydrogens is 260 g/mol. The highest BCUT2D eigenvalue weighted by Gasteiger charge is 2.37. The molecule has 21 heavy (non-hydrogen) atoms. The van der Waals surface area contributed by atoms with Gasteiger partial charge in [-0.25, -0.2) is 0 Å². The SMILES string of the molecule is CCCOc1ccccc1C(NC)C(C)(C)N1CCCC1. The van der Waals surface area contributed by atoms with Crippen molar-refractivity contribution >= 4 is 0 Å². The normalized spacial score (nSPS) is 17.9. The van der Waals surface area contributed by atoms with Crippen LogP contribution in [0.2, 0.25) is 0 Å². The number of hydrogen-bond donors (Lipinski definition) is 1. The maximum absolute atomic E-state index is 5.97. The van der Waals surface area contributed by atoms with Gasteiger partial charge in [-0.1, -0.05) is 25.1 Å². The second-order valence-electron chi connectivity index (χ2n) is 6.46. The summed E-state index contributed by atoms with van der Waals surface area (Å²) in [6, 6.07) is 8.73. The van der Waals surface area contributed by atoms with Gasteiger partial charge in [0.25, 0.3) is 0 Å². The summed E-state index contributed by atoms with van der Waals surface area (Å²) < 4.78 is 5.97. The van der Waals surface area contributed by atoms with Crippen molar-refractivity contribution in [1.29, 1.82) is 0 Å². The van der Waals surface area contributed by atoms with Gasteiger partial charge in [0, 0.05) is 11.1 Å². The molecule has 1 fully saturated rings. The summed E-state index contributed by atoms with van der Waals surface area (Å²) in [4.78, 5) is 2.60. The quantitative estimate of drug-likeness (QED) is 0.830. The summed E-state index contributed by atoms with van der Waals surface area (Å²) in [6.45, 7) is 10.0. The van der Waals surface area contributed by atoms with Gasteiger partial charge in [0.2, 0.25) is 0 Å². The zero-order valence-corrected chi connectivity index (χ0v) is 14.0. The molecule has 0 radical (unpaired) electrons. The molecule has 0 bridgehead atoms. The van der Waals surface area contributed by atoms with E-state index >= 15 is 0 Å². The van der Waals surface area contributed by atoms with Gasteiger partial charge in [0.15, 0.2) is 0 Å². The minimum absolute atomic E-state index is 0.0803. The predicted molar refractivity (Wildman–Crippen MR) is 88.9 cm³/mol. The molecule has 1 saturated heterocycles. The number of para-hydroxylation sites is 1. The van der Waals surface area contributed by atoms with Crippen molar-refractivity contribution in [3.8, 4) is 5.75 Å². The lowest BCUT2D eigenvalue weighted by molar-refractivity contribution is 0.108. The Bertz CT molecular complexity index is 439. The molecule has 1 N–H and O–H groups in total. The number of hydrogen-bond acceptors (Lipinski definition) is 3. The first-order chi connectivity index (χ1) is 10.1. The van der Waals surface area contributed by atoms with E-state index in [0.717, 1.165) is 18.8 Å². The van der Waals surface area contributed by atoms with Gasteiger partial charge in [-0.05, 0) is 59.3 Å². The van der Waals surface area contributed by atoms with Crippen molar-refractivity contribution in [1.82, 2.24) is 10.2 Å². The van der Waals surface area contributed by atoms with E-state index < -0.39 is 0 Å². The van der Waals surface area contributed by atoms with Gasteiger partial charge < -0.3 is 10.1 Å². The van der Waals surface area contributed by atoms with Crippen LogP contribution in [0.3, 0.4) is 0 Å². The van der Waals surface area contributed by atoms with Crippen LogP contribution in [-0.2, 0) is 0 Å². The lowest BCUT2D eigenvalue weighted by Gasteiger charge is -2.42. The molecule has 1 unspecified atom stereocenters. The molecule has 0 aliphatic carbocycles. The van der Waals surface area contributed by atoms with Gasteiger partial charge in [0.1, 0.15) is 5.75 Å². The van der Waals surface area contributed by atoms with E-state index in [0.29, 0.717) is 0 Å². The van der Waals surface area contributed by atoms with Gasteiger partial charge in [0.05, 0.1) is 12.6 Å². The van der Waals surface area contributed by atoms with Gasteiger partial charge in [-0.2, -0.15) is 0 Å². The van der Waals surface area contributed by atoms with E-state index in [-0.39, 0.29) is 11.6 Å². The molecule has 0 aromatic heterocycles. The van der Waals surface area contributed by atoms with Crippen LogP contribution in [-0.4, -0.2) is 37.2 Å². The Hall–Kier alpha value is -1.06. The van der Waals surface area contributed by atoms with E-state index in [1.165, 1.54) is 31.5 Å². The Morgan fingerprint density at radius 3 is 2.52 bits per heavy atom. The van der Waals surface area contributed by atoms with Crippen LogP contribution in [0.1, 0.15) is 51.6 Å². The van der Waals surface area contributed by atoms with E-state index in [2.05, 4.69) is 62.3 Å². The molecule has 3 nitrogen and oxygen atoms in total. The monoisotopic (exact) mass is 290 g/mol. The smallest absolute Gasteiger partial charge is 0.124 e. The van der Waals surface area contributed by atoms with Crippen LogP contribution in [0.15, 0.2) is 24.3 Å². The zero-order valence-electron chi connectivity index (χ0n) is 14.0. The molecule has 0 amide bonds. The molecule has 118 valence electrons. The van der Waals surface area contributed by atoms with Crippen LogP contribution in [0.4, 0.5) is 0 Å². The maximum Gasteiger partial charge on any atom is 0.124 e. The van der Waals surface area contributed by atoms with Crippen molar-refractivity contribution < 1.29 is 4.74 Å². The lowest BCUT2D eigenvalue weighted by Crippen LogP contribution is -2.50. The molecule has 1 aliphatic heterocycles. The Morgan fingerprint density at radius 1 is 1.24 bits per heavy atom. The number of nitrogens with one attached hydrogen (secondary N) is 1. The fraction of sp³-hybridized carbons (Fsp3) is 0.667. The fourth-order valence-corrected chi connectivity index (χ4v) is 3.43. The van der Waals surface area contributed by atoms with Crippen molar-refractivity contribution in [2.45, 2.75) is 51.6 Å². The van der Waals surface area contributed by atoms with Crippen molar-refractivity contribution in [3.63, 3.8) is 0 Å². The summed E-state index contributed by atoms with van der Waals surface area (Å²) in [5, 5.41) is 3.53. The van der Waals surface area contributed by atoms with Crippen LogP contribution in [0.25, 0.3) is 0 Å². The van der Waals surface area contributed by atoms with Crippen LogP contribution in [0, 0.1) is 0 Å². The predicted octanol–water partition coefficient (Wildman–Crippen LogP) is 3.61. The summed E-state index contributed by atoms with van der Waals surface area (Å²) in [5.41, 5.74) is 1.35. The summed E-state index contributed by atoms with van der Waals surface area (Å²) >= 11 is 0. The number of rotatable bonds is 7. The van der Waals surface area contributed by atoms with Crippen molar-refractivity contribution in [3.05, 3.63) is 29.8 Å². The minimum atomic E-state index is 0.0803. The third kappa shape index (κ3) is 3.58. The number of benzene rings is 1. The molecule has 1 atom stereocenters. The van der Waals surface area contributed by atoms with Gasteiger partial charge >= 0.3 is 0 Å². The third-order valence-corrected chi connectivity index (χ3v) is 4.61. The molecule has 1 aromatic rings. The standard InChI is InChI=1S/C18H30N2O/c1-5-14-21-16-11-7-6-10-15(16)17(19-4)18(2,3)20-12-8-9-13-20/h6-7,10-11,17,19H,5,8-9,12-14H2,1-4H3. The molecular formula is C18H30N2O. The maximum atomic E-state index is 5.97. The molecule has 1 aromatic carbocycles. The van der Waals surface area contributed by atoms with Crippen LogP contribution in [0.5, 0.6) is 5.75 Å². The lowest BCUT2D eigenvalue weighted by atomic mass is 9.86. The first kappa shape index (κ1) is 16.3. The first-order valence-corrected chi connectivity index (χ1v) is 8.25. The second-order valence-corrected chi connectivity index (χ2v) is 6.46. The molecule has 1 heterocycles. The summed E-state index contributed by atoms with van der Waals surface area (Å²) in [6.07, 6.45) is 3.66. The highest BCUT2D eigenvalue weighted by molar-refractivity contribution is 5.38. The van der Waals surface area contributed by atoms with E-state index in [4.69, 9.17) is 4.74 Å². The Morgan fingerprint density at radius 2 is 1.90 bits per heavy atom. The van der Waals surface area contributed by atoms with E-state index in [1.807, 2.05) is 0 Å². The average Bonchev–Trinajstić information content (AvgIpc) is 3.02. The van der Waals surface area contributed by atoms with Crippen LogP contribution < -0.4 is 10.1 Å². The van der Waals surface area contributed by atoms with E-state index in [9.17, 15) is 0 Å². The number of ether oxygens (including phenoxy) is 1. The number of likely N-dealkylation sites (N-methyl/N-ethyl adjacent to an activating group) is 1. The minimum Gasteiger partial charge on any atom is -0.493 e. The largest absolute Gasteiger partial charge is 0.493 e. The molecule has 2 rings (SSSR count). The molecule has 3 heteroatoms. The number of likely N-dealkylation sites (tertiary alicyclic amines) is 1. The van der Waals surface area contributed by atoms with E-state index in [1.54, 1.807) is 0 Å². The van der Waals surface area contributed by atoms with Crippen molar-refractivity contribution in [2.24, 2.45) is 0 Å². The third-order valence-electron chi connectivity index (χ3n) is 4.61. The first-order valence-electron chi connectivity index (χ1n) is 8.25. The topological polar surface area (TPSA) is 24.5 Å². The highest BCUT2D eigenvalue weighted by atomic mass is 16.5. The molecule has 1 aliphatic rings. The van der Waals surface area contributed by atoms with Crippen LogP contribution >= 0.6 is 0 Å². The van der Waals surface area contributed by atoms with Crippen molar-refractivity contribution in [2.75, 3.05) is 26.7 Å². The fourth-order valence-electron chi connectivity index (χ4n) is 3.43. The van der Waals surface area contributed by atoms with Gasteiger partial charge in [-0.3, -0.25) is 4.90 Å². The summed E-state index contributed by atoms with van der Waals surface area (Å²) in [5.74, 6) is 1.02. The molecule has 0 spiro atoms. The number of nitrogens with zero attached hydrogens (tertiary/aromatic N) is 1. The Kier molecular flexibility index (Phi) is 5.65. The Labute approximate surface area is 129 Å². The van der Waals surface area contributed by atoms with Gasteiger partial charge in [-0.15, -0.1) is 0 Å². The molecule has 0 saturated carbocycles. The Balaban J connectivity index is 2.27. The highest BCUT2D eigenvalue weighted by Crippen LogP contribution is 2.37. The second kappa shape index (κ2) is 7.28. The summed E-state index contributed by atoms with van der Waals surface area (Å²) in [7, 11) is 2.05. The average molecular weight is 290 g/mol.